The van der Waals surface area contributed by atoms with Crippen LogP contribution in [-0.4, -0.2) is 17.0 Å². The van der Waals surface area contributed by atoms with Gasteiger partial charge in [-0.3, -0.25) is 4.79 Å². The summed E-state index contributed by atoms with van der Waals surface area (Å²) in [4.78, 5) is 24.5. The van der Waals surface area contributed by atoms with Crippen LogP contribution < -0.4 is 10.9 Å². The predicted octanol–water partition coefficient (Wildman–Crippen LogP) is 3.49. The van der Waals surface area contributed by atoms with Gasteiger partial charge in [-0.2, -0.15) is 0 Å². The van der Waals surface area contributed by atoms with E-state index >= 15 is 0 Å². The lowest BCUT2D eigenvalue weighted by Crippen LogP contribution is -2.31. The summed E-state index contributed by atoms with van der Waals surface area (Å²) in [6, 6.07) is 19.0. The Morgan fingerprint density at radius 1 is 1.04 bits per heavy atom. The van der Waals surface area contributed by atoms with E-state index in [1.54, 1.807) is 18.2 Å². The standard InChI is InChI=1S/C21H18N2O3/c1-14-12-15-6-2-4-8-18(15)23(14)11-10-22-20(24)17-13-16-7-3-5-9-19(16)26-21(17)25/h2-9,12-13H,10-11H2,1H3,(H,22,24). The second kappa shape index (κ2) is 6.52. The molecule has 2 aromatic heterocycles. The number of aromatic nitrogens is 1. The van der Waals surface area contributed by atoms with Crippen molar-refractivity contribution in [1.82, 2.24) is 9.88 Å². The van der Waals surface area contributed by atoms with E-state index in [-0.39, 0.29) is 5.56 Å². The van der Waals surface area contributed by atoms with E-state index in [2.05, 4.69) is 28.1 Å². The maximum atomic E-state index is 12.4. The molecule has 0 unspecified atom stereocenters. The fraction of sp³-hybridized carbons (Fsp3) is 0.143. The van der Waals surface area contributed by atoms with Crippen LogP contribution in [0.25, 0.3) is 21.9 Å². The highest BCUT2D eigenvalue weighted by Crippen LogP contribution is 2.18. The summed E-state index contributed by atoms with van der Waals surface area (Å²) in [6.45, 7) is 3.09. The Hall–Kier alpha value is -3.34. The van der Waals surface area contributed by atoms with Crippen molar-refractivity contribution in [2.24, 2.45) is 0 Å². The second-order valence-electron chi connectivity index (χ2n) is 6.24. The molecule has 26 heavy (non-hydrogen) atoms. The highest BCUT2D eigenvalue weighted by molar-refractivity contribution is 5.96. The number of hydrogen-bond acceptors (Lipinski definition) is 3. The molecule has 0 atom stereocenters. The molecule has 0 saturated carbocycles. The molecule has 0 bridgehead atoms. The first-order valence-electron chi connectivity index (χ1n) is 8.49. The minimum Gasteiger partial charge on any atom is -0.422 e. The van der Waals surface area contributed by atoms with Crippen LogP contribution in [0.4, 0.5) is 0 Å². The number of aryl methyl sites for hydroxylation is 1. The van der Waals surface area contributed by atoms with Gasteiger partial charge in [0.1, 0.15) is 11.1 Å². The summed E-state index contributed by atoms with van der Waals surface area (Å²) in [5.41, 5.74) is 2.14. The first-order chi connectivity index (χ1) is 12.6. The van der Waals surface area contributed by atoms with Gasteiger partial charge in [-0.15, -0.1) is 0 Å². The maximum absolute atomic E-state index is 12.4. The zero-order valence-corrected chi connectivity index (χ0v) is 14.4. The van der Waals surface area contributed by atoms with Gasteiger partial charge in [0.05, 0.1) is 0 Å². The lowest BCUT2D eigenvalue weighted by molar-refractivity contribution is 0.0949. The molecule has 2 aromatic carbocycles. The predicted molar refractivity (Wildman–Crippen MR) is 101 cm³/mol. The fourth-order valence-electron chi connectivity index (χ4n) is 3.24. The number of rotatable bonds is 4. The van der Waals surface area contributed by atoms with Crippen LogP contribution >= 0.6 is 0 Å². The Morgan fingerprint density at radius 3 is 2.62 bits per heavy atom. The number of hydrogen-bond donors (Lipinski definition) is 1. The van der Waals surface area contributed by atoms with Gasteiger partial charge in [0.25, 0.3) is 5.91 Å². The van der Waals surface area contributed by atoms with E-state index in [1.807, 2.05) is 31.2 Å². The van der Waals surface area contributed by atoms with Crippen molar-refractivity contribution in [2.45, 2.75) is 13.5 Å². The third-order valence-electron chi connectivity index (χ3n) is 4.52. The molecule has 1 amide bonds. The van der Waals surface area contributed by atoms with E-state index < -0.39 is 11.5 Å². The molecule has 0 spiro atoms. The number of nitrogens with one attached hydrogen (secondary N) is 1. The SMILES string of the molecule is Cc1cc2ccccc2n1CCNC(=O)c1cc2ccccc2oc1=O. The Morgan fingerprint density at radius 2 is 1.77 bits per heavy atom. The summed E-state index contributed by atoms with van der Waals surface area (Å²) < 4.78 is 7.37. The molecule has 0 fully saturated rings. The van der Waals surface area contributed by atoms with Crippen molar-refractivity contribution in [3.05, 3.63) is 82.3 Å². The van der Waals surface area contributed by atoms with Crippen LogP contribution in [0.15, 0.2) is 69.9 Å². The molecule has 0 saturated heterocycles. The summed E-state index contributed by atoms with van der Waals surface area (Å²) in [5.74, 6) is -0.418. The van der Waals surface area contributed by atoms with Crippen LogP contribution in [0.2, 0.25) is 0 Å². The van der Waals surface area contributed by atoms with E-state index in [9.17, 15) is 9.59 Å². The van der Waals surface area contributed by atoms with Crippen molar-refractivity contribution >= 4 is 27.8 Å². The second-order valence-corrected chi connectivity index (χ2v) is 6.24. The molecule has 0 radical (unpaired) electrons. The van der Waals surface area contributed by atoms with Gasteiger partial charge in [0, 0.05) is 29.7 Å². The van der Waals surface area contributed by atoms with Crippen LogP contribution in [-0.2, 0) is 6.54 Å². The zero-order valence-electron chi connectivity index (χ0n) is 14.4. The van der Waals surface area contributed by atoms with Crippen LogP contribution in [0.1, 0.15) is 16.1 Å². The molecule has 5 heteroatoms. The third kappa shape index (κ3) is 2.88. The van der Waals surface area contributed by atoms with Crippen LogP contribution in [0.3, 0.4) is 0 Å². The van der Waals surface area contributed by atoms with Gasteiger partial charge in [0.15, 0.2) is 0 Å². The largest absolute Gasteiger partial charge is 0.422 e. The highest BCUT2D eigenvalue weighted by Gasteiger charge is 2.13. The van der Waals surface area contributed by atoms with E-state index in [0.29, 0.717) is 18.7 Å². The minimum atomic E-state index is -0.621. The molecule has 2 heterocycles. The number of benzene rings is 2. The van der Waals surface area contributed by atoms with Gasteiger partial charge in [0.2, 0.25) is 0 Å². The lowest BCUT2D eigenvalue weighted by Gasteiger charge is -2.09. The molecule has 0 aliphatic rings. The molecule has 0 aliphatic heterocycles. The van der Waals surface area contributed by atoms with Crippen molar-refractivity contribution in [1.29, 1.82) is 0 Å². The van der Waals surface area contributed by atoms with E-state index in [1.165, 1.54) is 5.39 Å². The monoisotopic (exact) mass is 346 g/mol. The normalized spacial score (nSPS) is 11.1. The molecule has 4 aromatic rings. The zero-order chi connectivity index (χ0) is 18.1. The third-order valence-corrected chi connectivity index (χ3v) is 4.52. The Kier molecular flexibility index (Phi) is 4.05. The molecular weight excluding hydrogens is 328 g/mol. The van der Waals surface area contributed by atoms with Crippen molar-refractivity contribution in [3.8, 4) is 0 Å². The van der Waals surface area contributed by atoms with E-state index in [4.69, 9.17) is 4.42 Å². The Bertz CT molecular complexity index is 1170. The first kappa shape index (κ1) is 16.1. The van der Waals surface area contributed by atoms with Gasteiger partial charge in [-0.05, 0) is 36.6 Å². The average Bonchev–Trinajstić information content (AvgIpc) is 2.96. The van der Waals surface area contributed by atoms with Gasteiger partial charge in [-0.1, -0.05) is 36.4 Å². The average molecular weight is 346 g/mol. The number of carbonyl (C=O) groups excluding carboxylic acids is 1. The van der Waals surface area contributed by atoms with Crippen LogP contribution in [0.5, 0.6) is 0 Å². The van der Waals surface area contributed by atoms with Gasteiger partial charge < -0.3 is 14.3 Å². The fourth-order valence-corrected chi connectivity index (χ4v) is 3.24. The molecule has 5 nitrogen and oxygen atoms in total. The molecule has 1 N–H and O–H groups in total. The highest BCUT2D eigenvalue weighted by atomic mass is 16.4. The van der Waals surface area contributed by atoms with E-state index in [0.717, 1.165) is 16.6 Å². The topological polar surface area (TPSA) is 64.2 Å². The summed E-state index contributed by atoms with van der Waals surface area (Å²) >= 11 is 0. The molecular formula is C21H18N2O3. The van der Waals surface area contributed by atoms with Crippen molar-refractivity contribution in [3.63, 3.8) is 0 Å². The molecule has 0 aliphatic carbocycles. The number of amides is 1. The summed E-state index contributed by atoms with van der Waals surface area (Å²) in [5, 5.41) is 4.71. The number of carbonyl (C=O) groups is 1. The first-order valence-corrected chi connectivity index (χ1v) is 8.49. The maximum Gasteiger partial charge on any atom is 0.349 e. The minimum absolute atomic E-state index is 0.0257. The molecule has 130 valence electrons. The van der Waals surface area contributed by atoms with Crippen molar-refractivity contribution in [2.75, 3.05) is 6.54 Å². The Labute approximate surface area is 149 Å². The number of para-hydroxylation sites is 2. The Balaban J connectivity index is 1.51. The quantitative estimate of drug-likeness (QED) is 0.575. The molecule has 4 rings (SSSR count). The smallest absolute Gasteiger partial charge is 0.349 e. The van der Waals surface area contributed by atoms with Crippen molar-refractivity contribution < 1.29 is 9.21 Å². The summed E-state index contributed by atoms with van der Waals surface area (Å²) in [7, 11) is 0. The lowest BCUT2D eigenvalue weighted by atomic mass is 10.2. The summed E-state index contributed by atoms with van der Waals surface area (Å²) in [6.07, 6.45) is 0. The van der Waals surface area contributed by atoms with Gasteiger partial charge in [-0.25, -0.2) is 4.79 Å². The number of nitrogens with zero attached hydrogens (tertiary/aromatic N) is 1. The van der Waals surface area contributed by atoms with Crippen LogP contribution in [0, 0.1) is 6.92 Å². The number of fused-ring (bicyclic) bond motifs is 2. The van der Waals surface area contributed by atoms with Gasteiger partial charge >= 0.3 is 5.63 Å².